The van der Waals surface area contributed by atoms with Crippen LogP contribution in [0, 0.1) is 17.6 Å². The maximum Gasteiger partial charge on any atom is 0.228 e. The lowest BCUT2D eigenvalue weighted by atomic mass is 10.1. The molecule has 0 N–H and O–H groups in total. The number of hydrogen-bond donors (Lipinski definition) is 0. The minimum Gasteiger partial charge on any atom is -0.497 e. The fourth-order valence-electron chi connectivity index (χ4n) is 3.59. The molecule has 2 aromatic rings. The van der Waals surface area contributed by atoms with Crippen molar-refractivity contribution in [1.82, 2.24) is 9.80 Å². The number of methoxy groups -OCH3 is 1. The van der Waals surface area contributed by atoms with Crippen LogP contribution in [-0.2, 0) is 16.1 Å². The Kier molecular flexibility index (Phi) is 7.22. The van der Waals surface area contributed by atoms with Gasteiger partial charge in [0.2, 0.25) is 11.8 Å². The molecule has 166 valence electrons. The first-order valence-electron chi connectivity index (χ1n) is 10.1. The van der Waals surface area contributed by atoms with Crippen LogP contribution in [0.25, 0.3) is 0 Å². The second-order valence-corrected chi connectivity index (χ2v) is 7.91. The lowest BCUT2D eigenvalue weighted by Crippen LogP contribution is -2.40. The summed E-state index contributed by atoms with van der Waals surface area (Å²) in [6, 6.07) is 10.7. The van der Waals surface area contributed by atoms with Gasteiger partial charge in [-0.2, -0.15) is 0 Å². The summed E-state index contributed by atoms with van der Waals surface area (Å²) in [5.41, 5.74) is 1.21. The molecule has 2 amide bonds. The number of carbonyl (C=O) groups excluding carboxylic acids is 2. The van der Waals surface area contributed by atoms with E-state index in [2.05, 4.69) is 0 Å². The highest BCUT2D eigenvalue weighted by Crippen LogP contribution is 2.28. The van der Waals surface area contributed by atoms with Crippen molar-refractivity contribution in [2.24, 2.45) is 5.92 Å². The van der Waals surface area contributed by atoms with Crippen molar-refractivity contribution < 1.29 is 23.1 Å². The van der Waals surface area contributed by atoms with Gasteiger partial charge < -0.3 is 19.4 Å². The number of ether oxygens (including phenoxy) is 1. The van der Waals surface area contributed by atoms with Gasteiger partial charge in [-0.05, 0) is 56.1 Å². The van der Waals surface area contributed by atoms with Gasteiger partial charge in [0.25, 0.3) is 0 Å². The molecule has 0 saturated carbocycles. The maximum absolute atomic E-state index is 13.6. The van der Waals surface area contributed by atoms with Crippen molar-refractivity contribution in [2.75, 3.05) is 45.7 Å². The van der Waals surface area contributed by atoms with E-state index in [1.165, 1.54) is 6.07 Å². The second kappa shape index (κ2) is 9.87. The van der Waals surface area contributed by atoms with Gasteiger partial charge in [0, 0.05) is 38.3 Å². The molecule has 1 fully saturated rings. The lowest BCUT2D eigenvalue weighted by molar-refractivity contribution is -0.136. The number of halogens is 2. The smallest absolute Gasteiger partial charge is 0.228 e. The normalized spacial score (nSPS) is 16.1. The average Bonchev–Trinajstić information content (AvgIpc) is 3.14. The topological polar surface area (TPSA) is 53.1 Å². The molecule has 0 radical (unpaired) electrons. The number of amides is 2. The van der Waals surface area contributed by atoms with Crippen molar-refractivity contribution in [3.05, 3.63) is 59.7 Å². The van der Waals surface area contributed by atoms with E-state index in [0.29, 0.717) is 30.1 Å². The predicted octanol–water partition coefficient (Wildman–Crippen LogP) is 2.92. The predicted molar refractivity (Wildman–Crippen MR) is 114 cm³/mol. The molecule has 1 atom stereocenters. The molecule has 1 unspecified atom stereocenters. The summed E-state index contributed by atoms with van der Waals surface area (Å²) in [7, 11) is 5.36. The van der Waals surface area contributed by atoms with Gasteiger partial charge in [-0.15, -0.1) is 0 Å². The first-order valence-corrected chi connectivity index (χ1v) is 10.1. The molecule has 0 bridgehead atoms. The number of benzene rings is 2. The third-order valence-electron chi connectivity index (χ3n) is 5.34. The fraction of sp³-hybridized carbons (Fsp3) is 0.391. The minimum atomic E-state index is -0.945. The van der Waals surface area contributed by atoms with Crippen molar-refractivity contribution in [1.29, 1.82) is 0 Å². The Hall–Kier alpha value is -3.00. The van der Waals surface area contributed by atoms with Crippen molar-refractivity contribution in [3.8, 4) is 5.75 Å². The molecule has 8 heteroatoms. The minimum absolute atomic E-state index is 0.112. The van der Waals surface area contributed by atoms with Gasteiger partial charge in [-0.1, -0.05) is 6.07 Å². The van der Waals surface area contributed by atoms with Gasteiger partial charge in [-0.25, -0.2) is 8.78 Å². The summed E-state index contributed by atoms with van der Waals surface area (Å²) in [5.74, 6) is -1.98. The van der Waals surface area contributed by atoms with Crippen LogP contribution in [-0.4, -0.2) is 62.5 Å². The van der Waals surface area contributed by atoms with E-state index in [1.54, 1.807) is 41.2 Å². The van der Waals surface area contributed by atoms with E-state index >= 15 is 0 Å². The molecule has 31 heavy (non-hydrogen) atoms. The van der Waals surface area contributed by atoms with E-state index in [4.69, 9.17) is 4.74 Å². The zero-order valence-corrected chi connectivity index (χ0v) is 18.0. The van der Waals surface area contributed by atoms with Crippen molar-refractivity contribution >= 4 is 17.5 Å². The highest BCUT2D eigenvalue weighted by Gasteiger charge is 2.37. The number of likely N-dealkylation sites (N-methyl/N-ethyl adjacent to an activating group) is 1. The Morgan fingerprint density at radius 1 is 1.10 bits per heavy atom. The molecule has 0 aliphatic carbocycles. The Labute approximate surface area is 181 Å². The van der Waals surface area contributed by atoms with Crippen LogP contribution < -0.4 is 9.64 Å². The van der Waals surface area contributed by atoms with Crippen molar-refractivity contribution in [3.63, 3.8) is 0 Å². The van der Waals surface area contributed by atoms with E-state index < -0.39 is 17.6 Å². The molecule has 1 heterocycles. The molecule has 0 spiro atoms. The summed E-state index contributed by atoms with van der Waals surface area (Å²) in [6.07, 6.45) is 0.112. The molecule has 2 aromatic carbocycles. The summed E-state index contributed by atoms with van der Waals surface area (Å²) < 4.78 is 32.1. The van der Waals surface area contributed by atoms with Crippen LogP contribution in [0.2, 0.25) is 0 Å². The van der Waals surface area contributed by atoms with Gasteiger partial charge in [0.1, 0.15) is 5.75 Å². The summed E-state index contributed by atoms with van der Waals surface area (Å²) in [4.78, 5) is 31.0. The van der Waals surface area contributed by atoms with E-state index in [0.717, 1.165) is 12.1 Å². The summed E-state index contributed by atoms with van der Waals surface area (Å²) in [6.45, 7) is 1.45. The number of hydrogen-bond acceptors (Lipinski definition) is 4. The highest BCUT2D eigenvalue weighted by molar-refractivity contribution is 6.00. The average molecular weight is 431 g/mol. The third-order valence-corrected chi connectivity index (χ3v) is 5.34. The molecule has 0 aromatic heterocycles. The van der Waals surface area contributed by atoms with E-state index in [9.17, 15) is 18.4 Å². The highest BCUT2D eigenvalue weighted by atomic mass is 19.2. The lowest BCUT2D eigenvalue weighted by Gasteiger charge is -2.27. The Bertz CT molecular complexity index is 934. The molecule has 1 saturated heterocycles. The number of rotatable bonds is 8. The standard InChI is InChI=1S/C23H27F2N3O3/c1-26(2)10-11-27(14-16-4-9-20(24)21(25)12-16)23(30)17-13-22(29)28(15-17)18-5-7-19(31-3)8-6-18/h4-9,12,17H,10-11,13-15H2,1-3H3. The van der Waals surface area contributed by atoms with Crippen LogP contribution in [0.15, 0.2) is 42.5 Å². The molecular formula is C23H27F2N3O3. The SMILES string of the molecule is COc1ccc(N2CC(C(=O)N(CCN(C)C)Cc3ccc(F)c(F)c3)CC2=O)cc1. The first kappa shape index (κ1) is 22.7. The quantitative estimate of drug-likeness (QED) is 0.645. The second-order valence-electron chi connectivity index (χ2n) is 7.91. The first-order chi connectivity index (χ1) is 14.8. The molecule has 1 aliphatic heterocycles. The monoisotopic (exact) mass is 431 g/mol. The van der Waals surface area contributed by atoms with Gasteiger partial charge in [0.05, 0.1) is 13.0 Å². The zero-order valence-electron chi connectivity index (χ0n) is 18.0. The van der Waals surface area contributed by atoms with Gasteiger partial charge >= 0.3 is 0 Å². The van der Waals surface area contributed by atoms with Gasteiger partial charge in [-0.3, -0.25) is 9.59 Å². The molecule has 3 rings (SSSR count). The van der Waals surface area contributed by atoms with Gasteiger partial charge in [0.15, 0.2) is 11.6 Å². The fourth-order valence-corrected chi connectivity index (χ4v) is 3.59. The third kappa shape index (κ3) is 5.58. The maximum atomic E-state index is 13.6. The van der Waals surface area contributed by atoms with Crippen LogP contribution in [0.4, 0.5) is 14.5 Å². The Morgan fingerprint density at radius 2 is 1.81 bits per heavy atom. The molecular weight excluding hydrogens is 404 g/mol. The van der Waals surface area contributed by atoms with Crippen LogP contribution >= 0.6 is 0 Å². The number of nitrogens with zero attached hydrogens (tertiary/aromatic N) is 3. The largest absolute Gasteiger partial charge is 0.497 e. The number of anilines is 1. The Morgan fingerprint density at radius 3 is 2.42 bits per heavy atom. The molecule has 1 aliphatic rings. The summed E-state index contributed by atoms with van der Waals surface area (Å²) in [5, 5.41) is 0. The summed E-state index contributed by atoms with van der Waals surface area (Å²) >= 11 is 0. The Balaban J connectivity index is 1.74. The zero-order chi connectivity index (χ0) is 22.5. The van der Waals surface area contributed by atoms with Crippen LogP contribution in [0.1, 0.15) is 12.0 Å². The van der Waals surface area contributed by atoms with Crippen LogP contribution in [0.3, 0.4) is 0 Å². The molecule has 6 nitrogen and oxygen atoms in total. The van der Waals surface area contributed by atoms with Crippen molar-refractivity contribution in [2.45, 2.75) is 13.0 Å². The van der Waals surface area contributed by atoms with E-state index in [-0.39, 0.29) is 31.3 Å². The van der Waals surface area contributed by atoms with Crippen LogP contribution in [0.5, 0.6) is 5.75 Å². The number of carbonyl (C=O) groups is 2. The van der Waals surface area contributed by atoms with E-state index in [1.807, 2.05) is 19.0 Å².